The van der Waals surface area contributed by atoms with Crippen molar-refractivity contribution in [2.24, 2.45) is 0 Å². The van der Waals surface area contributed by atoms with Crippen molar-refractivity contribution >= 4 is 5.78 Å². The van der Waals surface area contributed by atoms with Crippen LogP contribution in [0, 0.1) is 83.1 Å². The summed E-state index contributed by atoms with van der Waals surface area (Å²) in [7, 11) is 0. The molecule has 6 aromatic carbocycles. The fourth-order valence-corrected chi connectivity index (χ4v) is 5.46. The SMILES string of the molecule is Cc1ccc(-c2ccc(C)c(C)c2)cc1C.Cc1ccc(C(=O)c2ccc(C)c(C)c2)cc1C.Cc1ccc(Oc2ccc(C)c(C)c2)cc1C. The van der Waals surface area contributed by atoms with Gasteiger partial charge < -0.3 is 4.74 Å². The van der Waals surface area contributed by atoms with Crippen LogP contribution in [0.25, 0.3) is 11.1 Å². The zero-order chi connectivity index (χ0) is 37.4. The minimum atomic E-state index is 0.0983. The molecular weight excluding hydrogens is 621 g/mol. The molecule has 6 aromatic rings. The summed E-state index contributed by atoms with van der Waals surface area (Å²) >= 11 is 0. The van der Waals surface area contributed by atoms with E-state index in [0.717, 1.165) is 33.8 Å². The van der Waals surface area contributed by atoms with Gasteiger partial charge in [0.1, 0.15) is 11.5 Å². The second kappa shape index (κ2) is 17.1. The van der Waals surface area contributed by atoms with Crippen LogP contribution in [-0.2, 0) is 0 Å². The van der Waals surface area contributed by atoms with E-state index in [4.69, 9.17) is 4.74 Å². The summed E-state index contributed by atoms with van der Waals surface area (Å²) in [5, 5.41) is 0. The molecule has 0 atom stereocenters. The number of aryl methyl sites for hydroxylation is 12. The monoisotopic (exact) mass is 674 g/mol. The summed E-state index contributed by atoms with van der Waals surface area (Å²) in [4.78, 5) is 12.4. The predicted octanol–water partition coefficient (Wildman–Crippen LogP) is 13.5. The standard InChI is InChI=1S/C17H18O.C16H18O.C16H18/c1-11-5-7-15(9-13(11)3)17(18)16-8-6-12(2)14(4)10-16;1-11-5-7-15(9-13(11)3)17-16-8-6-12(2)14(4)10-16;1-11-5-7-15(9-13(11)3)16-8-6-12(2)14(4)10-16/h5-10H,1-4H3;5-10H,1-4H3;5-10H,1-4H3. The first-order chi connectivity index (χ1) is 24.1. The molecule has 0 aliphatic heterocycles. The van der Waals surface area contributed by atoms with E-state index in [1.807, 2.05) is 62.4 Å². The Balaban J connectivity index is 0.000000172. The Hall–Kier alpha value is -5.21. The quantitative estimate of drug-likeness (QED) is 0.170. The van der Waals surface area contributed by atoms with Crippen LogP contribution in [0.5, 0.6) is 11.5 Å². The van der Waals surface area contributed by atoms with Crippen LogP contribution in [0.4, 0.5) is 0 Å². The molecule has 0 aliphatic rings. The molecule has 0 aromatic heterocycles. The van der Waals surface area contributed by atoms with Gasteiger partial charge in [-0.2, -0.15) is 0 Å². The van der Waals surface area contributed by atoms with Crippen molar-refractivity contribution < 1.29 is 9.53 Å². The Kier molecular flexibility index (Phi) is 13.0. The number of ketones is 1. The normalized spacial score (nSPS) is 10.4. The van der Waals surface area contributed by atoms with E-state index < -0.39 is 0 Å². The molecule has 0 unspecified atom stereocenters. The largest absolute Gasteiger partial charge is 0.457 e. The van der Waals surface area contributed by atoms with Gasteiger partial charge in [0.15, 0.2) is 5.78 Å². The lowest BCUT2D eigenvalue weighted by atomic mass is 9.97. The molecule has 0 radical (unpaired) electrons. The number of ether oxygens (including phenoxy) is 1. The number of hydrogen-bond acceptors (Lipinski definition) is 2. The maximum absolute atomic E-state index is 12.4. The first kappa shape index (κ1) is 38.6. The minimum Gasteiger partial charge on any atom is -0.457 e. The number of hydrogen-bond donors (Lipinski definition) is 0. The van der Waals surface area contributed by atoms with Gasteiger partial charge in [-0.05, 0) is 197 Å². The first-order valence-electron chi connectivity index (χ1n) is 17.8. The molecule has 2 heteroatoms. The predicted molar refractivity (Wildman–Crippen MR) is 218 cm³/mol. The van der Waals surface area contributed by atoms with Crippen molar-refractivity contribution in [3.63, 3.8) is 0 Å². The lowest BCUT2D eigenvalue weighted by Crippen LogP contribution is -2.03. The van der Waals surface area contributed by atoms with Crippen LogP contribution in [0.2, 0.25) is 0 Å². The van der Waals surface area contributed by atoms with Gasteiger partial charge >= 0.3 is 0 Å². The number of carbonyl (C=O) groups is 1. The van der Waals surface area contributed by atoms with Crippen molar-refractivity contribution in [2.45, 2.75) is 83.1 Å². The summed E-state index contributed by atoms with van der Waals surface area (Å²) in [6.45, 7) is 25.2. The molecule has 0 heterocycles. The van der Waals surface area contributed by atoms with Crippen molar-refractivity contribution in [1.82, 2.24) is 0 Å². The summed E-state index contributed by atoms with van der Waals surface area (Å²) in [6, 6.07) is 37.4. The van der Waals surface area contributed by atoms with Gasteiger partial charge in [0.2, 0.25) is 0 Å². The van der Waals surface area contributed by atoms with E-state index in [2.05, 4.69) is 130 Å². The Morgan fingerprint density at radius 3 is 0.882 bits per heavy atom. The molecule has 2 nitrogen and oxygen atoms in total. The second-order valence-electron chi connectivity index (χ2n) is 14.1. The van der Waals surface area contributed by atoms with Crippen molar-refractivity contribution in [1.29, 1.82) is 0 Å². The molecule has 0 saturated carbocycles. The molecule has 0 N–H and O–H groups in total. The molecule has 51 heavy (non-hydrogen) atoms. The lowest BCUT2D eigenvalue weighted by molar-refractivity contribution is 0.103. The minimum absolute atomic E-state index is 0.0983. The van der Waals surface area contributed by atoms with Gasteiger partial charge in [-0.15, -0.1) is 0 Å². The molecule has 0 amide bonds. The fraction of sp³-hybridized carbons (Fsp3) is 0.245. The zero-order valence-electron chi connectivity index (χ0n) is 32.7. The average Bonchev–Trinajstić information content (AvgIpc) is 3.10. The topological polar surface area (TPSA) is 26.3 Å². The molecule has 6 rings (SSSR count). The molecule has 0 spiro atoms. The summed E-state index contributed by atoms with van der Waals surface area (Å²) in [5.74, 6) is 1.90. The molecule has 0 saturated heterocycles. The number of benzene rings is 6. The smallest absolute Gasteiger partial charge is 0.193 e. The first-order valence-corrected chi connectivity index (χ1v) is 17.8. The van der Waals surface area contributed by atoms with Crippen LogP contribution in [-0.4, -0.2) is 5.78 Å². The number of rotatable bonds is 5. The molecule has 0 aliphatic carbocycles. The van der Waals surface area contributed by atoms with Gasteiger partial charge in [0.25, 0.3) is 0 Å². The van der Waals surface area contributed by atoms with E-state index in [9.17, 15) is 4.79 Å². The van der Waals surface area contributed by atoms with Gasteiger partial charge in [-0.1, -0.05) is 72.8 Å². The maximum Gasteiger partial charge on any atom is 0.193 e. The van der Waals surface area contributed by atoms with Gasteiger partial charge in [-0.25, -0.2) is 0 Å². The molecule has 0 bridgehead atoms. The molecule has 0 fully saturated rings. The van der Waals surface area contributed by atoms with E-state index in [1.54, 1.807) is 0 Å². The Morgan fingerprint density at radius 2 is 0.588 bits per heavy atom. The highest BCUT2D eigenvalue weighted by Crippen LogP contribution is 2.26. The van der Waals surface area contributed by atoms with Gasteiger partial charge in [0, 0.05) is 11.1 Å². The third-order valence-corrected chi connectivity index (χ3v) is 10.1. The third-order valence-electron chi connectivity index (χ3n) is 10.1. The van der Waals surface area contributed by atoms with Crippen LogP contribution in [0.15, 0.2) is 109 Å². The Labute approximate surface area is 307 Å². The van der Waals surface area contributed by atoms with Crippen molar-refractivity contribution in [2.75, 3.05) is 0 Å². The van der Waals surface area contributed by atoms with E-state index in [0.29, 0.717) is 0 Å². The van der Waals surface area contributed by atoms with E-state index >= 15 is 0 Å². The third kappa shape index (κ3) is 10.4. The highest BCUT2D eigenvalue weighted by Gasteiger charge is 2.10. The van der Waals surface area contributed by atoms with Gasteiger partial charge in [-0.3, -0.25) is 4.79 Å². The Bertz CT molecular complexity index is 2010. The molecule has 262 valence electrons. The summed E-state index contributed by atoms with van der Waals surface area (Å²) in [5.41, 5.74) is 19.4. The Morgan fingerprint density at radius 1 is 0.314 bits per heavy atom. The highest BCUT2D eigenvalue weighted by atomic mass is 16.5. The second-order valence-corrected chi connectivity index (χ2v) is 14.1. The highest BCUT2D eigenvalue weighted by molar-refractivity contribution is 6.09. The van der Waals surface area contributed by atoms with Crippen LogP contribution < -0.4 is 4.74 Å². The summed E-state index contributed by atoms with van der Waals surface area (Å²) in [6.07, 6.45) is 0. The molecular formula is C49H54O2. The van der Waals surface area contributed by atoms with E-state index in [-0.39, 0.29) is 5.78 Å². The van der Waals surface area contributed by atoms with Gasteiger partial charge in [0.05, 0.1) is 0 Å². The average molecular weight is 675 g/mol. The maximum atomic E-state index is 12.4. The van der Waals surface area contributed by atoms with Crippen molar-refractivity contribution in [3.8, 4) is 22.6 Å². The lowest BCUT2D eigenvalue weighted by Gasteiger charge is -2.09. The van der Waals surface area contributed by atoms with Crippen LogP contribution in [0.3, 0.4) is 0 Å². The summed E-state index contributed by atoms with van der Waals surface area (Å²) < 4.78 is 5.85. The zero-order valence-corrected chi connectivity index (χ0v) is 32.7. The van der Waals surface area contributed by atoms with Crippen LogP contribution in [0.1, 0.15) is 82.7 Å². The number of carbonyl (C=O) groups excluding carboxylic acids is 1. The van der Waals surface area contributed by atoms with Crippen molar-refractivity contribution in [3.05, 3.63) is 187 Å². The van der Waals surface area contributed by atoms with Crippen LogP contribution >= 0.6 is 0 Å². The fourth-order valence-electron chi connectivity index (χ4n) is 5.46. The van der Waals surface area contributed by atoms with E-state index in [1.165, 1.54) is 66.8 Å².